The zero-order valence-electron chi connectivity index (χ0n) is 9.69. The third-order valence-electron chi connectivity index (χ3n) is 2.83. The molecule has 0 saturated carbocycles. The molecule has 2 heterocycles. The van der Waals surface area contributed by atoms with Crippen molar-refractivity contribution in [3.8, 4) is 0 Å². The third-order valence-corrected chi connectivity index (χ3v) is 2.83. The molecule has 1 aromatic heterocycles. The molecule has 5 nitrogen and oxygen atoms in total. The minimum atomic E-state index is 0.347. The van der Waals surface area contributed by atoms with Gasteiger partial charge in [0.15, 0.2) is 0 Å². The molecule has 0 bridgehead atoms. The Labute approximate surface area is 96.1 Å². The van der Waals surface area contributed by atoms with E-state index in [4.69, 9.17) is 5.73 Å². The van der Waals surface area contributed by atoms with Crippen molar-refractivity contribution in [3.63, 3.8) is 0 Å². The number of anilines is 2. The number of aromatic nitrogens is 2. The summed E-state index contributed by atoms with van der Waals surface area (Å²) in [5.41, 5.74) is 5.54. The first kappa shape index (κ1) is 11.1. The first-order valence-electron chi connectivity index (χ1n) is 5.86. The van der Waals surface area contributed by atoms with Gasteiger partial charge in [0.2, 0.25) is 5.95 Å². The molecule has 88 valence electrons. The standard InChI is InChI=1S/C11H19N5/c1-2-3-5-13-9-7-16(8-9)10-4-6-14-11(12)15-10/h4,6,9,13H,2-3,5,7-8H2,1H3,(H2,12,14,15). The number of hydrogen-bond donors (Lipinski definition) is 2. The Morgan fingerprint density at radius 2 is 2.38 bits per heavy atom. The fraction of sp³-hybridized carbons (Fsp3) is 0.636. The van der Waals surface area contributed by atoms with Crippen LogP contribution in [0, 0.1) is 0 Å². The number of unbranched alkanes of at least 4 members (excludes halogenated alkanes) is 1. The van der Waals surface area contributed by atoms with Gasteiger partial charge in [0.1, 0.15) is 5.82 Å². The SMILES string of the molecule is CCCCNC1CN(c2ccnc(N)n2)C1. The van der Waals surface area contributed by atoms with Crippen LogP contribution in [0.1, 0.15) is 19.8 Å². The maximum absolute atomic E-state index is 5.54. The van der Waals surface area contributed by atoms with E-state index in [1.54, 1.807) is 6.20 Å². The van der Waals surface area contributed by atoms with Crippen molar-refractivity contribution in [1.29, 1.82) is 0 Å². The number of nitrogen functional groups attached to an aromatic ring is 1. The van der Waals surface area contributed by atoms with Crippen LogP contribution in [-0.4, -0.2) is 35.6 Å². The van der Waals surface area contributed by atoms with E-state index in [-0.39, 0.29) is 0 Å². The second-order valence-electron chi connectivity index (χ2n) is 4.18. The van der Waals surface area contributed by atoms with Crippen molar-refractivity contribution in [2.24, 2.45) is 0 Å². The van der Waals surface area contributed by atoms with Crippen molar-refractivity contribution in [2.45, 2.75) is 25.8 Å². The highest BCUT2D eigenvalue weighted by atomic mass is 15.3. The fourth-order valence-corrected chi connectivity index (χ4v) is 1.82. The van der Waals surface area contributed by atoms with Gasteiger partial charge < -0.3 is 16.0 Å². The highest BCUT2D eigenvalue weighted by Crippen LogP contribution is 2.18. The quantitative estimate of drug-likeness (QED) is 0.714. The molecule has 0 amide bonds. The van der Waals surface area contributed by atoms with Gasteiger partial charge in [-0.1, -0.05) is 13.3 Å². The highest BCUT2D eigenvalue weighted by molar-refractivity contribution is 5.44. The van der Waals surface area contributed by atoms with Gasteiger partial charge in [-0.3, -0.25) is 0 Å². The molecule has 0 aliphatic carbocycles. The van der Waals surface area contributed by atoms with Crippen LogP contribution in [0.2, 0.25) is 0 Å². The van der Waals surface area contributed by atoms with Crippen LogP contribution in [0.3, 0.4) is 0 Å². The van der Waals surface area contributed by atoms with E-state index in [0.717, 1.165) is 25.5 Å². The van der Waals surface area contributed by atoms with E-state index in [2.05, 4.69) is 27.1 Å². The lowest BCUT2D eigenvalue weighted by Gasteiger charge is -2.40. The Morgan fingerprint density at radius 3 is 3.06 bits per heavy atom. The summed E-state index contributed by atoms with van der Waals surface area (Å²) in [4.78, 5) is 10.3. The smallest absolute Gasteiger partial charge is 0.221 e. The van der Waals surface area contributed by atoms with E-state index in [0.29, 0.717) is 12.0 Å². The largest absolute Gasteiger partial charge is 0.368 e. The summed E-state index contributed by atoms with van der Waals surface area (Å²) >= 11 is 0. The predicted molar refractivity (Wildman–Crippen MR) is 65.4 cm³/mol. The van der Waals surface area contributed by atoms with Crippen molar-refractivity contribution in [2.75, 3.05) is 30.3 Å². The molecule has 1 aliphatic rings. The average molecular weight is 221 g/mol. The first-order valence-corrected chi connectivity index (χ1v) is 5.86. The Hall–Kier alpha value is -1.36. The zero-order chi connectivity index (χ0) is 11.4. The molecule has 2 rings (SSSR count). The van der Waals surface area contributed by atoms with Gasteiger partial charge in [0.05, 0.1) is 0 Å². The van der Waals surface area contributed by atoms with Gasteiger partial charge in [0, 0.05) is 25.3 Å². The molecule has 0 atom stereocenters. The summed E-state index contributed by atoms with van der Waals surface area (Å²) in [7, 11) is 0. The molecule has 0 radical (unpaired) electrons. The van der Waals surface area contributed by atoms with Crippen LogP contribution in [0.25, 0.3) is 0 Å². The Balaban J connectivity index is 1.75. The molecule has 1 saturated heterocycles. The van der Waals surface area contributed by atoms with Gasteiger partial charge >= 0.3 is 0 Å². The Kier molecular flexibility index (Phi) is 3.56. The second-order valence-corrected chi connectivity index (χ2v) is 4.18. The third kappa shape index (κ3) is 2.61. The van der Waals surface area contributed by atoms with Crippen LogP contribution in [0.4, 0.5) is 11.8 Å². The predicted octanol–water partition coefficient (Wildman–Crippen LogP) is 0.637. The number of nitrogens with one attached hydrogen (secondary N) is 1. The minimum absolute atomic E-state index is 0.347. The lowest BCUT2D eigenvalue weighted by Crippen LogP contribution is -2.58. The van der Waals surface area contributed by atoms with Gasteiger partial charge in [-0.2, -0.15) is 4.98 Å². The van der Waals surface area contributed by atoms with E-state index in [1.807, 2.05) is 6.07 Å². The highest BCUT2D eigenvalue weighted by Gasteiger charge is 2.26. The van der Waals surface area contributed by atoms with Gasteiger partial charge in [-0.15, -0.1) is 0 Å². The molecular formula is C11H19N5. The summed E-state index contributed by atoms with van der Waals surface area (Å²) < 4.78 is 0. The summed E-state index contributed by atoms with van der Waals surface area (Å²) in [6, 6.07) is 2.50. The Morgan fingerprint density at radius 1 is 1.56 bits per heavy atom. The van der Waals surface area contributed by atoms with Crippen molar-refractivity contribution in [3.05, 3.63) is 12.3 Å². The molecular weight excluding hydrogens is 202 g/mol. The molecule has 0 unspecified atom stereocenters. The number of nitrogens with two attached hydrogens (primary N) is 1. The van der Waals surface area contributed by atoms with Crippen molar-refractivity contribution in [1.82, 2.24) is 15.3 Å². The Bertz CT molecular complexity index is 335. The van der Waals surface area contributed by atoms with Crippen molar-refractivity contribution < 1.29 is 0 Å². The molecule has 1 aliphatic heterocycles. The maximum Gasteiger partial charge on any atom is 0.221 e. The zero-order valence-corrected chi connectivity index (χ0v) is 9.69. The van der Waals surface area contributed by atoms with Gasteiger partial charge in [-0.05, 0) is 19.0 Å². The number of hydrogen-bond acceptors (Lipinski definition) is 5. The lowest BCUT2D eigenvalue weighted by atomic mass is 10.1. The van der Waals surface area contributed by atoms with Crippen LogP contribution in [0.15, 0.2) is 12.3 Å². The monoisotopic (exact) mass is 221 g/mol. The topological polar surface area (TPSA) is 67.1 Å². The van der Waals surface area contributed by atoms with Gasteiger partial charge in [-0.25, -0.2) is 4.98 Å². The number of nitrogens with zero attached hydrogens (tertiary/aromatic N) is 3. The van der Waals surface area contributed by atoms with E-state index < -0.39 is 0 Å². The summed E-state index contributed by atoms with van der Waals surface area (Å²) in [6.07, 6.45) is 4.19. The normalized spacial score (nSPS) is 16.2. The molecule has 1 aromatic rings. The summed E-state index contributed by atoms with van der Waals surface area (Å²) in [5, 5.41) is 3.52. The van der Waals surface area contributed by atoms with Crippen LogP contribution in [-0.2, 0) is 0 Å². The minimum Gasteiger partial charge on any atom is -0.368 e. The summed E-state index contributed by atoms with van der Waals surface area (Å²) in [6.45, 7) is 5.35. The molecule has 1 fully saturated rings. The van der Waals surface area contributed by atoms with E-state index in [9.17, 15) is 0 Å². The van der Waals surface area contributed by atoms with Crippen LogP contribution >= 0.6 is 0 Å². The first-order chi connectivity index (χ1) is 7.79. The van der Waals surface area contributed by atoms with Crippen LogP contribution < -0.4 is 16.0 Å². The van der Waals surface area contributed by atoms with Crippen LogP contribution in [0.5, 0.6) is 0 Å². The molecule has 3 N–H and O–H groups in total. The van der Waals surface area contributed by atoms with E-state index >= 15 is 0 Å². The fourth-order valence-electron chi connectivity index (χ4n) is 1.82. The average Bonchev–Trinajstić information content (AvgIpc) is 2.21. The lowest BCUT2D eigenvalue weighted by molar-refractivity contribution is 0.414. The van der Waals surface area contributed by atoms with Gasteiger partial charge in [0.25, 0.3) is 0 Å². The number of rotatable bonds is 5. The molecule has 0 spiro atoms. The van der Waals surface area contributed by atoms with E-state index in [1.165, 1.54) is 12.8 Å². The second kappa shape index (κ2) is 5.12. The maximum atomic E-state index is 5.54. The summed E-state index contributed by atoms with van der Waals surface area (Å²) in [5.74, 6) is 1.28. The molecule has 5 heteroatoms. The van der Waals surface area contributed by atoms with Crippen molar-refractivity contribution >= 4 is 11.8 Å². The molecule has 0 aromatic carbocycles. The molecule has 16 heavy (non-hydrogen) atoms.